The molecule has 1 rings (SSSR count). The highest BCUT2D eigenvalue weighted by atomic mass is 16.5. The van der Waals surface area contributed by atoms with Gasteiger partial charge >= 0.3 is 0 Å². The number of rotatable bonds is 2. The van der Waals surface area contributed by atoms with Crippen molar-refractivity contribution < 1.29 is 4.74 Å². The smallest absolute Gasteiger partial charge is 0.130 e. The van der Waals surface area contributed by atoms with Crippen molar-refractivity contribution >= 4 is 6.08 Å². The van der Waals surface area contributed by atoms with Crippen LogP contribution in [0.4, 0.5) is 0 Å². The number of nitriles is 2. The highest BCUT2D eigenvalue weighted by Gasteiger charge is 2.09. The molecule has 0 aliphatic rings. The van der Waals surface area contributed by atoms with Crippen LogP contribution in [0.5, 0.6) is 5.75 Å². The molecule has 0 aliphatic carbocycles. The van der Waals surface area contributed by atoms with Gasteiger partial charge in [-0.1, -0.05) is 0 Å². The van der Waals surface area contributed by atoms with E-state index in [0.29, 0.717) is 0 Å². The second-order valence-corrected chi connectivity index (χ2v) is 3.85. The molecule has 1 aromatic rings. The molecule has 0 spiro atoms. The normalized spacial score (nSPS) is 9.06. The van der Waals surface area contributed by atoms with Gasteiger partial charge in [-0.15, -0.1) is 0 Å². The molecule has 0 aromatic heterocycles. The van der Waals surface area contributed by atoms with Crippen LogP contribution in [-0.4, -0.2) is 7.11 Å². The van der Waals surface area contributed by atoms with E-state index in [0.717, 1.165) is 28.0 Å². The van der Waals surface area contributed by atoms with Gasteiger partial charge in [-0.05, 0) is 55.2 Å². The Hall–Kier alpha value is -2.26. The standard InChI is InChI=1S/C14H14N2O/c1-9-5-13(6-12(7-15)8-16)10(2)11(3)14(9)17-4/h5-6H,1-4H3. The van der Waals surface area contributed by atoms with E-state index >= 15 is 0 Å². The van der Waals surface area contributed by atoms with Crippen LogP contribution in [0, 0.1) is 43.4 Å². The number of ether oxygens (including phenoxy) is 1. The molecule has 0 atom stereocenters. The highest BCUT2D eigenvalue weighted by Crippen LogP contribution is 2.29. The summed E-state index contributed by atoms with van der Waals surface area (Å²) >= 11 is 0. The van der Waals surface area contributed by atoms with E-state index in [1.807, 2.05) is 39.0 Å². The Morgan fingerprint density at radius 3 is 2.24 bits per heavy atom. The number of hydrogen-bond donors (Lipinski definition) is 0. The molecule has 3 heteroatoms. The molecule has 0 amide bonds. The average molecular weight is 226 g/mol. The summed E-state index contributed by atoms with van der Waals surface area (Å²) in [7, 11) is 1.64. The Balaban J connectivity index is 3.46. The van der Waals surface area contributed by atoms with Gasteiger partial charge in [0.05, 0.1) is 7.11 Å². The lowest BCUT2D eigenvalue weighted by Crippen LogP contribution is -1.96. The van der Waals surface area contributed by atoms with Gasteiger partial charge in [0.25, 0.3) is 0 Å². The third-order valence-corrected chi connectivity index (χ3v) is 2.81. The van der Waals surface area contributed by atoms with Crippen molar-refractivity contribution in [1.29, 1.82) is 10.5 Å². The molecular weight excluding hydrogens is 212 g/mol. The van der Waals surface area contributed by atoms with Crippen LogP contribution in [-0.2, 0) is 0 Å². The maximum atomic E-state index is 8.75. The topological polar surface area (TPSA) is 56.8 Å². The summed E-state index contributed by atoms with van der Waals surface area (Å²) in [5.74, 6) is 0.857. The fourth-order valence-electron chi connectivity index (χ4n) is 1.80. The zero-order chi connectivity index (χ0) is 13.0. The predicted molar refractivity (Wildman–Crippen MR) is 66.4 cm³/mol. The fourth-order valence-corrected chi connectivity index (χ4v) is 1.80. The molecule has 0 aliphatic heterocycles. The number of benzene rings is 1. The molecule has 0 heterocycles. The number of hydrogen-bond acceptors (Lipinski definition) is 3. The first-order valence-corrected chi connectivity index (χ1v) is 5.21. The second-order valence-electron chi connectivity index (χ2n) is 3.85. The van der Waals surface area contributed by atoms with E-state index in [4.69, 9.17) is 15.3 Å². The molecule has 86 valence electrons. The lowest BCUT2D eigenvalue weighted by molar-refractivity contribution is 0.408. The molecule has 0 fully saturated rings. The predicted octanol–water partition coefficient (Wildman–Crippen LogP) is 3.05. The summed E-state index contributed by atoms with van der Waals surface area (Å²) < 4.78 is 5.32. The third kappa shape index (κ3) is 2.46. The summed E-state index contributed by atoms with van der Waals surface area (Å²) in [6, 6.07) is 5.65. The molecule has 0 radical (unpaired) electrons. The van der Waals surface area contributed by atoms with Crippen LogP contribution < -0.4 is 4.74 Å². The van der Waals surface area contributed by atoms with E-state index in [9.17, 15) is 0 Å². The van der Waals surface area contributed by atoms with Gasteiger partial charge < -0.3 is 4.74 Å². The minimum Gasteiger partial charge on any atom is -0.496 e. The number of allylic oxidation sites excluding steroid dienone is 1. The lowest BCUT2D eigenvalue weighted by atomic mass is 9.97. The van der Waals surface area contributed by atoms with Crippen molar-refractivity contribution in [3.05, 3.63) is 33.9 Å². The van der Waals surface area contributed by atoms with Crippen LogP contribution in [0.25, 0.3) is 6.08 Å². The van der Waals surface area contributed by atoms with Crippen LogP contribution >= 0.6 is 0 Å². The molecule has 0 saturated carbocycles. The SMILES string of the molecule is COc1c(C)cc(C=C(C#N)C#N)c(C)c1C. The number of aryl methyl sites for hydroxylation is 1. The molecule has 0 N–H and O–H groups in total. The van der Waals surface area contributed by atoms with E-state index < -0.39 is 0 Å². The maximum Gasteiger partial charge on any atom is 0.130 e. The molecular formula is C14H14N2O. The summed E-state index contributed by atoms with van der Waals surface area (Å²) in [5, 5.41) is 17.5. The second kappa shape index (κ2) is 5.18. The van der Waals surface area contributed by atoms with Gasteiger partial charge in [-0.25, -0.2) is 0 Å². The Labute approximate surface area is 102 Å². The average Bonchev–Trinajstić information content (AvgIpc) is 2.32. The van der Waals surface area contributed by atoms with Gasteiger partial charge in [-0.3, -0.25) is 0 Å². The zero-order valence-electron chi connectivity index (χ0n) is 10.5. The molecule has 0 unspecified atom stereocenters. The lowest BCUT2D eigenvalue weighted by Gasteiger charge is -2.13. The Bertz CT molecular complexity index is 541. The Morgan fingerprint density at radius 1 is 1.18 bits per heavy atom. The van der Waals surface area contributed by atoms with Crippen LogP contribution in [0.15, 0.2) is 11.6 Å². The van der Waals surface area contributed by atoms with Gasteiger partial charge in [-0.2, -0.15) is 10.5 Å². The zero-order valence-corrected chi connectivity index (χ0v) is 10.5. The first kappa shape index (κ1) is 12.8. The molecule has 0 saturated heterocycles. The minimum absolute atomic E-state index is 0.108. The minimum atomic E-state index is 0.108. The van der Waals surface area contributed by atoms with Crippen molar-refractivity contribution in [2.24, 2.45) is 0 Å². The van der Waals surface area contributed by atoms with E-state index in [2.05, 4.69) is 0 Å². The molecule has 1 aromatic carbocycles. The number of methoxy groups -OCH3 is 1. The van der Waals surface area contributed by atoms with E-state index in [1.165, 1.54) is 0 Å². The van der Waals surface area contributed by atoms with Gasteiger partial charge in [0.15, 0.2) is 0 Å². The maximum absolute atomic E-state index is 8.75. The van der Waals surface area contributed by atoms with Crippen molar-refractivity contribution in [3.63, 3.8) is 0 Å². The van der Waals surface area contributed by atoms with Crippen LogP contribution in [0.2, 0.25) is 0 Å². The summed E-state index contributed by atoms with van der Waals surface area (Å²) in [4.78, 5) is 0. The van der Waals surface area contributed by atoms with Crippen molar-refractivity contribution in [3.8, 4) is 17.9 Å². The van der Waals surface area contributed by atoms with Crippen LogP contribution in [0.1, 0.15) is 22.3 Å². The van der Waals surface area contributed by atoms with Crippen molar-refractivity contribution in [2.75, 3.05) is 7.11 Å². The van der Waals surface area contributed by atoms with Gasteiger partial charge in [0.1, 0.15) is 23.5 Å². The first-order chi connectivity index (χ1) is 8.04. The number of nitrogens with zero attached hydrogens (tertiary/aromatic N) is 2. The quantitative estimate of drug-likeness (QED) is 0.728. The highest BCUT2D eigenvalue weighted by molar-refractivity contribution is 5.67. The molecule has 3 nitrogen and oxygen atoms in total. The summed E-state index contributed by atoms with van der Waals surface area (Å²) in [5.41, 5.74) is 4.05. The van der Waals surface area contributed by atoms with Gasteiger partial charge in [0, 0.05) is 0 Å². The Kier molecular flexibility index (Phi) is 3.91. The fraction of sp³-hybridized carbons (Fsp3) is 0.286. The van der Waals surface area contributed by atoms with Crippen molar-refractivity contribution in [2.45, 2.75) is 20.8 Å². The molecule has 0 bridgehead atoms. The van der Waals surface area contributed by atoms with Gasteiger partial charge in [0.2, 0.25) is 0 Å². The van der Waals surface area contributed by atoms with E-state index in [1.54, 1.807) is 13.2 Å². The van der Waals surface area contributed by atoms with Crippen molar-refractivity contribution in [1.82, 2.24) is 0 Å². The van der Waals surface area contributed by atoms with Crippen LogP contribution in [0.3, 0.4) is 0 Å². The Morgan fingerprint density at radius 2 is 1.76 bits per heavy atom. The van der Waals surface area contributed by atoms with E-state index in [-0.39, 0.29) is 5.57 Å². The third-order valence-electron chi connectivity index (χ3n) is 2.81. The summed E-state index contributed by atoms with van der Waals surface area (Å²) in [6.07, 6.45) is 1.61. The largest absolute Gasteiger partial charge is 0.496 e. The summed E-state index contributed by atoms with van der Waals surface area (Å²) in [6.45, 7) is 5.87. The monoisotopic (exact) mass is 226 g/mol. The first-order valence-electron chi connectivity index (χ1n) is 5.21. The molecule has 17 heavy (non-hydrogen) atoms.